The summed E-state index contributed by atoms with van der Waals surface area (Å²) in [6.07, 6.45) is 4.39. The van der Waals surface area contributed by atoms with Crippen molar-refractivity contribution >= 4 is 21.7 Å². The molecule has 1 saturated heterocycles. The highest BCUT2D eigenvalue weighted by molar-refractivity contribution is 9.10. The molecule has 1 aromatic heterocycles. The van der Waals surface area contributed by atoms with Gasteiger partial charge in [0.2, 0.25) is 0 Å². The van der Waals surface area contributed by atoms with Crippen molar-refractivity contribution in [1.82, 2.24) is 4.98 Å². The van der Waals surface area contributed by atoms with Gasteiger partial charge in [-0.1, -0.05) is 13.3 Å². The van der Waals surface area contributed by atoms with Crippen LogP contribution in [0.2, 0.25) is 0 Å². The molecule has 0 radical (unpaired) electrons. The predicted octanol–water partition coefficient (Wildman–Crippen LogP) is 2.54. The first-order valence-electron chi connectivity index (χ1n) is 5.84. The summed E-state index contributed by atoms with van der Waals surface area (Å²) in [4.78, 5) is 6.86. The molecule has 16 heavy (non-hydrogen) atoms. The Morgan fingerprint density at radius 1 is 1.62 bits per heavy atom. The lowest BCUT2D eigenvalue weighted by Gasteiger charge is -2.20. The summed E-state index contributed by atoms with van der Waals surface area (Å²) >= 11 is 3.43. The van der Waals surface area contributed by atoms with Gasteiger partial charge in [0.25, 0.3) is 0 Å². The highest BCUT2D eigenvalue weighted by atomic mass is 79.9. The topological polar surface area (TPSA) is 42.2 Å². The largest absolute Gasteiger partial charge is 0.356 e. The van der Waals surface area contributed by atoms with Crippen molar-refractivity contribution in [3.8, 4) is 0 Å². The van der Waals surface area contributed by atoms with Gasteiger partial charge < -0.3 is 10.6 Å². The second-order valence-electron chi connectivity index (χ2n) is 4.35. The van der Waals surface area contributed by atoms with Crippen LogP contribution in [0.4, 0.5) is 5.82 Å². The van der Waals surface area contributed by atoms with E-state index in [9.17, 15) is 0 Å². The molecule has 1 aromatic rings. The summed E-state index contributed by atoms with van der Waals surface area (Å²) in [5.41, 5.74) is 6.90. The van der Waals surface area contributed by atoms with Crippen LogP contribution in [0.1, 0.15) is 25.3 Å². The molecule has 0 spiro atoms. The van der Waals surface area contributed by atoms with Crippen LogP contribution in [0.25, 0.3) is 0 Å². The predicted molar refractivity (Wildman–Crippen MR) is 70.4 cm³/mol. The first-order chi connectivity index (χ1) is 7.74. The van der Waals surface area contributed by atoms with Crippen molar-refractivity contribution in [3.05, 3.63) is 22.3 Å². The minimum Gasteiger partial charge on any atom is -0.356 e. The number of rotatable bonds is 3. The number of anilines is 1. The maximum atomic E-state index is 5.77. The molecule has 1 fully saturated rings. The van der Waals surface area contributed by atoms with Crippen LogP contribution in [0, 0.1) is 5.92 Å². The van der Waals surface area contributed by atoms with Crippen molar-refractivity contribution in [2.75, 3.05) is 18.0 Å². The fourth-order valence-electron chi connectivity index (χ4n) is 2.27. The van der Waals surface area contributed by atoms with Crippen molar-refractivity contribution in [2.24, 2.45) is 11.7 Å². The summed E-state index contributed by atoms with van der Waals surface area (Å²) in [5, 5.41) is 0. The fraction of sp³-hybridized carbons (Fsp3) is 0.583. The molecule has 88 valence electrons. The van der Waals surface area contributed by atoms with E-state index in [0.29, 0.717) is 6.54 Å². The normalized spacial score (nSPS) is 20.4. The SMILES string of the molecule is CCC1CCN(c2ncc(Br)cc2CN)C1. The van der Waals surface area contributed by atoms with E-state index in [1.165, 1.54) is 12.8 Å². The van der Waals surface area contributed by atoms with Crippen LogP contribution in [0.15, 0.2) is 16.7 Å². The summed E-state index contributed by atoms with van der Waals surface area (Å²) in [6, 6.07) is 2.07. The third kappa shape index (κ3) is 2.38. The van der Waals surface area contributed by atoms with E-state index in [-0.39, 0.29) is 0 Å². The van der Waals surface area contributed by atoms with E-state index in [0.717, 1.165) is 34.9 Å². The summed E-state index contributed by atoms with van der Waals surface area (Å²) in [5.74, 6) is 1.89. The Morgan fingerprint density at radius 3 is 3.06 bits per heavy atom. The molecule has 3 nitrogen and oxygen atoms in total. The van der Waals surface area contributed by atoms with E-state index in [4.69, 9.17) is 5.73 Å². The molecule has 2 rings (SSSR count). The third-order valence-corrected chi connectivity index (χ3v) is 3.73. The molecule has 0 aliphatic carbocycles. The van der Waals surface area contributed by atoms with Crippen LogP contribution >= 0.6 is 15.9 Å². The van der Waals surface area contributed by atoms with Gasteiger partial charge in [-0.2, -0.15) is 0 Å². The Morgan fingerprint density at radius 2 is 2.44 bits per heavy atom. The van der Waals surface area contributed by atoms with Crippen molar-refractivity contribution in [1.29, 1.82) is 0 Å². The van der Waals surface area contributed by atoms with E-state index >= 15 is 0 Å². The van der Waals surface area contributed by atoms with Gasteiger partial charge in [0, 0.05) is 35.9 Å². The zero-order chi connectivity index (χ0) is 11.5. The minimum absolute atomic E-state index is 0.551. The zero-order valence-electron chi connectivity index (χ0n) is 9.62. The smallest absolute Gasteiger partial charge is 0.133 e. The lowest BCUT2D eigenvalue weighted by molar-refractivity contribution is 0.568. The molecule has 1 aliphatic rings. The molecular weight excluding hydrogens is 266 g/mol. The number of halogens is 1. The second kappa shape index (κ2) is 5.15. The molecule has 2 heterocycles. The molecule has 0 bridgehead atoms. The number of aromatic nitrogens is 1. The van der Waals surface area contributed by atoms with Crippen molar-refractivity contribution in [3.63, 3.8) is 0 Å². The van der Waals surface area contributed by atoms with E-state index in [1.54, 1.807) is 0 Å². The standard InChI is InChI=1S/C12H18BrN3/c1-2-9-3-4-16(8-9)12-10(6-14)5-11(13)7-15-12/h5,7,9H,2-4,6,8,14H2,1H3. The summed E-state index contributed by atoms with van der Waals surface area (Å²) in [7, 11) is 0. The van der Waals surface area contributed by atoms with Crippen LogP contribution in [0.5, 0.6) is 0 Å². The monoisotopic (exact) mass is 283 g/mol. The van der Waals surface area contributed by atoms with Gasteiger partial charge in [-0.05, 0) is 34.3 Å². The molecule has 0 saturated carbocycles. The van der Waals surface area contributed by atoms with E-state index in [1.807, 2.05) is 6.20 Å². The molecule has 0 amide bonds. The van der Waals surface area contributed by atoms with Gasteiger partial charge in [-0.25, -0.2) is 4.98 Å². The lowest BCUT2D eigenvalue weighted by Crippen LogP contribution is -2.23. The van der Waals surface area contributed by atoms with Gasteiger partial charge in [0.1, 0.15) is 5.82 Å². The highest BCUT2D eigenvalue weighted by Crippen LogP contribution is 2.27. The van der Waals surface area contributed by atoms with Crippen LogP contribution in [-0.4, -0.2) is 18.1 Å². The Labute approximate surface area is 105 Å². The first kappa shape index (κ1) is 11.9. The highest BCUT2D eigenvalue weighted by Gasteiger charge is 2.23. The number of hydrogen-bond donors (Lipinski definition) is 1. The number of hydrogen-bond acceptors (Lipinski definition) is 3. The Hall–Kier alpha value is -0.610. The third-order valence-electron chi connectivity index (χ3n) is 3.29. The molecule has 1 unspecified atom stereocenters. The van der Waals surface area contributed by atoms with Gasteiger partial charge in [-0.3, -0.25) is 0 Å². The Balaban J connectivity index is 2.20. The molecular formula is C12H18BrN3. The molecule has 1 aliphatic heterocycles. The fourth-order valence-corrected chi connectivity index (χ4v) is 2.65. The maximum absolute atomic E-state index is 5.77. The lowest BCUT2D eigenvalue weighted by atomic mass is 10.1. The molecule has 2 N–H and O–H groups in total. The summed E-state index contributed by atoms with van der Waals surface area (Å²) < 4.78 is 1.00. The zero-order valence-corrected chi connectivity index (χ0v) is 11.2. The average Bonchev–Trinajstić information content (AvgIpc) is 2.77. The van der Waals surface area contributed by atoms with Gasteiger partial charge in [0.05, 0.1) is 0 Å². The second-order valence-corrected chi connectivity index (χ2v) is 5.27. The molecule has 4 heteroatoms. The van der Waals surface area contributed by atoms with Crippen LogP contribution in [-0.2, 0) is 6.54 Å². The summed E-state index contributed by atoms with van der Waals surface area (Å²) in [6.45, 7) is 5.04. The van der Waals surface area contributed by atoms with Crippen LogP contribution < -0.4 is 10.6 Å². The minimum atomic E-state index is 0.551. The number of pyridine rings is 1. The Kier molecular flexibility index (Phi) is 3.82. The van der Waals surface area contributed by atoms with Gasteiger partial charge >= 0.3 is 0 Å². The van der Waals surface area contributed by atoms with Crippen molar-refractivity contribution < 1.29 is 0 Å². The maximum Gasteiger partial charge on any atom is 0.133 e. The van der Waals surface area contributed by atoms with Crippen molar-refractivity contribution in [2.45, 2.75) is 26.3 Å². The molecule has 1 atom stereocenters. The number of nitrogens with two attached hydrogens (primary N) is 1. The molecule has 0 aromatic carbocycles. The van der Waals surface area contributed by atoms with Crippen LogP contribution in [0.3, 0.4) is 0 Å². The van der Waals surface area contributed by atoms with Gasteiger partial charge in [-0.15, -0.1) is 0 Å². The van der Waals surface area contributed by atoms with E-state index < -0.39 is 0 Å². The average molecular weight is 284 g/mol. The quantitative estimate of drug-likeness (QED) is 0.927. The van der Waals surface area contributed by atoms with Gasteiger partial charge in [0.15, 0.2) is 0 Å². The number of nitrogens with zero attached hydrogens (tertiary/aromatic N) is 2. The first-order valence-corrected chi connectivity index (χ1v) is 6.63. The van der Waals surface area contributed by atoms with E-state index in [2.05, 4.69) is 38.8 Å². The Bertz CT molecular complexity index is 367.